The van der Waals surface area contributed by atoms with Crippen LogP contribution in [0.2, 0.25) is 0 Å². The molecule has 0 amide bonds. The lowest BCUT2D eigenvalue weighted by atomic mass is 9.77. The summed E-state index contributed by atoms with van der Waals surface area (Å²) in [6, 6.07) is 18.9. The third kappa shape index (κ3) is 3.80. The number of ketones is 1. The molecule has 0 aromatic heterocycles. The molecular weight excluding hydrogens is 419 g/mol. The number of benzene rings is 3. The second-order valence-corrected chi connectivity index (χ2v) is 8.85. The molecule has 6 heteroatoms. The van der Waals surface area contributed by atoms with Gasteiger partial charge in [0.25, 0.3) is 0 Å². The summed E-state index contributed by atoms with van der Waals surface area (Å²) in [5.41, 5.74) is 3.45. The lowest BCUT2D eigenvalue weighted by molar-refractivity contribution is 0.0690. The number of carboxylic acid groups (broad SMARTS) is 1. The molecule has 2 aliphatic heterocycles. The average molecular weight is 445 g/mol. The van der Waals surface area contributed by atoms with Crippen molar-refractivity contribution in [3.63, 3.8) is 0 Å². The first-order valence-corrected chi connectivity index (χ1v) is 11.2. The Morgan fingerprint density at radius 2 is 1.67 bits per heavy atom. The second kappa shape index (κ2) is 8.45. The van der Waals surface area contributed by atoms with E-state index < -0.39 is 17.9 Å². The van der Waals surface area contributed by atoms with Crippen LogP contribution in [0.1, 0.15) is 68.2 Å². The van der Waals surface area contributed by atoms with E-state index in [2.05, 4.69) is 29.4 Å². The molecule has 1 fully saturated rings. The predicted octanol–water partition coefficient (Wildman–Crippen LogP) is 5.42. The molecule has 2 N–H and O–H groups in total. The van der Waals surface area contributed by atoms with Crippen LogP contribution in [0, 0.1) is 5.82 Å². The number of rotatable bonds is 4. The van der Waals surface area contributed by atoms with E-state index in [4.69, 9.17) is 0 Å². The molecule has 0 aliphatic carbocycles. The van der Waals surface area contributed by atoms with Gasteiger partial charge in [-0.05, 0) is 67.4 Å². The standard InChI is InChI=1S/C27H25FN2O3/c1-30-15-3-6-22(30)16-7-9-18(10-8-16)25-23(17-11-13-19(28)14-12-17)26(31)24-20(27(32)33)4-2-5-21(24)29-25/h2,4-5,7-14,22-23,25,29H,3,6,15H2,1H3,(H,32,33). The molecule has 3 aromatic rings. The van der Waals surface area contributed by atoms with Crippen LogP contribution in [0.25, 0.3) is 0 Å². The monoisotopic (exact) mass is 444 g/mol. The van der Waals surface area contributed by atoms with Gasteiger partial charge in [0, 0.05) is 11.7 Å². The summed E-state index contributed by atoms with van der Waals surface area (Å²) in [6.45, 7) is 1.08. The van der Waals surface area contributed by atoms with Crippen molar-refractivity contribution < 1.29 is 19.1 Å². The van der Waals surface area contributed by atoms with Gasteiger partial charge in [0.05, 0.1) is 23.1 Å². The Morgan fingerprint density at radius 1 is 1.00 bits per heavy atom. The quantitative estimate of drug-likeness (QED) is 0.562. The van der Waals surface area contributed by atoms with Crippen LogP contribution in [-0.2, 0) is 0 Å². The number of likely N-dealkylation sites (tertiary alicyclic amines) is 1. The predicted molar refractivity (Wildman–Crippen MR) is 124 cm³/mol. The summed E-state index contributed by atoms with van der Waals surface area (Å²) in [7, 11) is 2.13. The van der Waals surface area contributed by atoms with Crippen molar-refractivity contribution in [2.24, 2.45) is 0 Å². The lowest BCUT2D eigenvalue weighted by Gasteiger charge is -2.35. The number of Topliss-reactive ketones (excluding diaryl/α,β-unsaturated/α-hetero) is 1. The Bertz CT molecular complexity index is 1210. The van der Waals surface area contributed by atoms with Gasteiger partial charge >= 0.3 is 5.97 Å². The Kier molecular flexibility index (Phi) is 5.46. The average Bonchev–Trinajstić information content (AvgIpc) is 3.25. The van der Waals surface area contributed by atoms with Gasteiger partial charge in [-0.3, -0.25) is 9.69 Å². The summed E-state index contributed by atoms with van der Waals surface area (Å²) >= 11 is 0. The van der Waals surface area contributed by atoms with Gasteiger partial charge < -0.3 is 10.4 Å². The molecule has 0 bridgehead atoms. The van der Waals surface area contributed by atoms with Crippen molar-refractivity contribution >= 4 is 17.4 Å². The molecule has 0 saturated carbocycles. The van der Waals surface area contributed by atoms with Crippen molar-refractivity contribution in [1.82, 2.24) is 4.90 Å². The zero-order valence-corrected chi connectivity index (χ0v) is 18.3. The highest BCUT2D eigenvalue weighted by Crippen LogP contribution is 2.44. The number of carbonyl (C=O) groups excluding carboxylic acids is 1. The molecule has 168 valence electrons. The number of nitrogens with one attached hydrogen (secondary N) is 1. The molecule has 3 unspecified atom stereocenters. The Hall–Kier alpha value is -3.51. The van der Waals surface area contributed by atoms with E-state index in [-0.39, 0.29) is 22.7 Å². The summed E-state index contributed by atoms with van der Waals surface area (Å²) < 4.78 is 13.6. The molecular formula is C27H25FN2O3. The third-order valence-corrected chi connectivity index (χ3v) is 6.90. The summed E-state index contributed by atoms with van der Waals surface area (Å²) in [5, 5.41) is 13.1. The normalized spacial score (nSPS) is 22.6. The summed E-state index contributed by atoms with van der Waals surface area (Å²) in [5.74, 6) is -2.50. The van der Waals surface area contributed by atoms with Gasteiger partial charge in [-0.15, -0.1) is 0 Å². The molecule has 33 heavy (non-hydrogen) atoms. The van der Waals surface area contributed by atoms with Gasteiger partial charge in [0.1, 0.15) is 5.82 Å². The summed E-state index contributed by atoms with van der Waals surface area (Å²) in [4.78, 5) is 27.9. The minimum atomic E-state index is -1.15. The Morgan fingerprint density at radius 3 is 2.30 bits per heavy atom. The van der Waals surface area contributed by atoms with Crippen LogP contribution in [-0.4, -0.2) is 35.4 Å². The maximum absolute atomic E-state index is 13.7. The van der Waals surface area contributed by atoms with Gasteiger partial charge in [0.2, 0.25) is 0 Å². The minimum Gasteiger partial charge on any atom is -0.478 e. The van der Waals surface area contributed by atoms with E-state index >= 15 is 0 Å². The van der Waals surface area contributed by atoms with Gasteiger partial charge in [-0.1, -0.05) is 42.5 Å². The van der Waals surface area contributed by atoms with Gasteiger partial charge in [-0.2, -0.15) is 0 Å². The van der Waals surface area contributed by atoms with Crippen LogP contribution in [0.15, 0.2) is 66.7 Å². The van der Waals surface area contributed by atoms with E-state index in [1.807, 2.05) is 12.1 Å². The lowest BCUT2D eigenvalue weighted by Crippen LogP contribution is -2.33. The number of carboxylic acids is 1. The fourth-order valence-corrected chi connectivity index (χ4v) is 5.22. The molecule has 2 heterocycles. The highest BCUT2D eigenvalue weighted by Gasteiger charge is 2.39. The fourth-order valence-electron chi connectivity index (χ4n) is 5.22. The van der Waals surface area contributed by atoms with Crippen LogP contribution in [0.5, 0.6) is 0 Å². The van der Waals surface area contributed by atoms with Crippen molar-refractivity contribution in [2.45, 2.75) is 30.8 Å². The molecule has 3 atom stereocenters. The Balaban J connectivity index is 1.58. The highest BCUT2D eigenvalue weighted by atomic mass is 19.1. The van der Waals surface area contributed by atoms with Crippen LogP contribution >= 0.6 is 0 Å². The zero-order chi connectivity index (χ0) is 23.1. The largest absolute Gasteiger partial charge is 0.478 e. The number of carbonyl (C=O) groups is 2. The number of nitrogens with zero attached hydrogens (tertiary/aromatic N) is 1. The number of fused-ring (bicyclic) bond motifs is 1. The van der Waals surface area contributed by atoms with E-state index in [1.165, 1.54) is 30.2 Å². The fraction of sp³-hybridized carbons (Fsp3) is 0.259. The number of aromatic carboxylic acids is 1. The van der Waals surface area contributed by atoms with Crippen molar-refractivity contribution in [1.29, 1.82) is 0 Å². The van der Waals surface area contributed by atoms with Crippen LogP contribution in [0.4, 0.5) is 10.1 Å². The van der Waals surface area contributed by atoms with Gasteiger partial charge in [0.15, 0.2) is 5.78 Å². The molecule has 0 spiro atoms. The molecule has 1 saturated heterocycles. The van der Waals surface area contributed by atoms with Crippen LogP contribution < -0.4 is 5.32 Å². The molecule has 2 aliphatic rings. The molecule has 0 radical (unpaired) electrons. The van der Waals surface area contributed by atoms with Crippen molar-refractivity contribution in [3.05, 3.63) is 100 Å². The topological polar surface area (TPSA) is 69.6 Å². The second-order valence-electron chi connectivity index (χ2n) is 8.85. The molecule has 5 nitrogen and oxygen atoms in total. The summed E-state index contributed by atoms with van der Waals surface area (Å²) in [6.07, 6.45) is 2.30. The third-order valence-electron chi connectivity index (χ3n) is 6.90. The molecule has 3 aromatic carbocycles. The van der Waals surface area contributed by atoms with Crippen molar-refractivity contribution in [2.75, 3.05) is 18.9 Å². The SMILES string of the molecule is CN1CCCC1c1ccc(C2Nc3cccc(C(=O)O)c3C(=O)C2c2ccc(F)cc2)cc1. The first kappa shape index (κ1) is 21.3. The first-order valence-electron chi connectivity index (χ1n) is 11.2. The van der Waals surface area contributed by atoms with E-state index in [0.717, 1.165) is 18.5 Å². The van der Waals surface area contributed by atoms with E-state index in [9.17, 15) is 19.1 Å². The van der Waals surface area contributed by atoms with Gasteiger partial charge in [-0.25, -0.2) is 9.18 Å². The maximum atomic E-state index is 13.7. The maximum Gasteiger partial charge on any atom is 0.336 e. The number of hydrogen-bond donors (Lipinski definition) is 2. The molecule has 5 rings (SSSR count). The van der Waals surface area contributed by atoms with E-state index in [0.29, 0.717) is 17.3 Å². The van der Waals surface area contributed by atoms with Crippen molar-refractivity contribution in [3.8, 4) is 0 Å². The van der Waals surface area contributed by atoms with E-state index in [1.54, 1.807) is 24.3 Å². The number of halogens is 1. The first-order chi connectivity index (χ1) is 15.9. The minimum absolute atomic E-state index is 0.0322. The Labute approximate surface area is 191 Å². The highest BCUT2D eigenvalue weighted by molar-refractivity contribution is 6.14. The number of hydrogen-bond acceptors (Lipinski definition) is 4. The number of anilines is 1. The zero-order valence-electron chi connectivity index (χ0n) is 18.3. The smallest absolute Gasteiger partial charge is 0.336 e. The van der Waals surface area contributed by atoms with Crippen LogP contribution in [0.3, 0.4) is 0 Å².